The lowest BCUT2D eigenvalue weighted by molar-refractivity contribution is 0.101. The monoisotopic (exact) mass is 316 g/mol. The van der Waals surface area contributed by atoms with Gasteiger partial charge in [-0.2, -0.15) is 0 Å². The minimum Gasteiger partial charge on any atom is -0.488 e. The zero-order valence-electron chi connectivity index (χ0n) is 14.0. The number of rotatable bonds is 5. The Hall–Kier alpha value is -2.87. The summed E-state index contributed by atoms with van der Waals surface area (Å²) in [5.74, 6) is 0.900. The van der Waals surface area contributed by atoms with Crippen LogP contribution in [0.5, 0.6) is 5.75 Å². The molecule has 24 heavy (non-hydrogen) atoms. The lowest BCUT2D eigenvalue weighted by atomic mass is 9.97. The average Bonchev–Trinajstić information content (AvgIpc) is 2.61. The van der Waals surface area contributed by atoms with E-state index in [1.807, 2.05) is 79.7 Å². The fourth-order valence-corrected chi connectivity index (χ4v) is 2.74. The molecule has 0 fully saturated rings. The standard InChI is InChI=1S/C22H20O2/c1-16-12-13-19(14-21(16)17(2)23)20-10-6-7-11-22(20)24-15-18-8-4-3-5-9-18/h3-14H,15H2,1-2H3. The Morgan fingerprint density at radius 2 is 1.62 bits per heavy atom. The first-order valence-corrected chi connectivity index (χ1v) is 8.03. The van der Waals surface area contributed by atoms with Gasteiger partial charge in [0.25, 0.3) is 0 Å². The SMILES string of the molecule is CC(=O)c1cc(-c2ccccc2OCc2ccccc2)ccc1C. The Balaban J connectivity index is 1.92. The molecule has 0 heterocycles. The van der Waals surface area contributed by atoms with Crippen LogP contribution in [0.1, 0.15) is 28.4 Å². The molecule has 0 radical (unpaired) electrons. The summed E-state index contributed by atoms with van der Waals surface area (Å²) in [4.78, 5) is 11.8. The summed E-state index contributed by atoms with van der Waals surface area (Å²) in [7, 11) is 0. The van der Waals surface area contributed by atoms with Crippen molar-refractivity contribution in [3.63, 3.8) is 0 Å². The molecule has 3 rings (SSSR count). The molecule has 120 valence electrons. The summed E-state index contributed by atoms with van der Waals surface area (Å²) in [6.07, 6.45) is 0. The van der Waals surface area contributed by atoms with E-state index in [2.05, 4.69) is 0 Å². The van der Waals surface area contributed by atoms with Gasteiger partial charge in [-0.15, -0.1) is 0 Å². The third-order valence-corrected chi connectivity index (χ3v) is 4.05. The Morgan fingerprint density at radius 3 is 2.38 bits per heavy atom. The van der Waals surface area contributed by atoms with E-state index in [1.165, 1.54) is 0 Å². The average molecular weight is 316 g/mol. The lowest BCUT2D eigenvalue weighted by Crippen LogP contribution is -1.99. The van der Waals surface area contributed by atoms with Gasteiger partial charge < -0.3 is 4.74 Å². The maximum Gasteiger partial charge on any atom is 0.160 e. The maximum absolute atomic E-state index is 11.8. The van der Waals surface area contributed by atoms with Gasteiger partial charge in [0.15, 0.2) is 5.78 Å². The maximum atomic E-state index is 11.8. The highest BCUT2D eigenvalue weighted by atomic mass is 16.5. The molecule has 0 aliphatic heterocycles. The smallest absolute Gasteiger partial charge is 0.160 e. The number of Topliss-reactive ketones (excluding diaryl/α,β-unsaturated/α-hetero) is 1. The molecule has 0 bridgehead atoms. The van der Waals surface area contributed by atoms with E-state index in [9.17, 15) is 4.79 Å². The van der Waals surface area contributed by atoms with E-state index >= 15 is 0 Å². The highest BCUT2D eigenvalue weighted by Gasteiger charge is 2.10. The number of aryl methyl sites for hydroxylation is 1. The highest BCUT2D eigenvalue weighted by Crippen LogP contribution is 2.31. The van der Waals surface area contributed by atoms with E-state index in [-0.39, 0.29) is 5.78 Å². The van der Waals surface area contributed by atoms with Crippen LogP contribution in [0.15, 0.2) is 72.8 Å². The number of para-hydroxylation sites is 1. The molecule has 3 aromatic rings. The third-order valence-electron chi connectivity index (χ3n) is 4.05. The normalized spacial score (nSPS) is 10.4. The topological polar surface area (TPSA) is 26.3 Å². The van der Waals surface area contributed by atoms with Crippen molar-refractivity contribution in [2.75, 3.05) is 0 Å². The number of ketones is 1. The molecule has 0 aliphatic rings. The van der Waals surface area contributed by atoms with Crippen molar-refractivity contribution >= 4 is 5.78 Å². The molecule has 3 aromatic carbocycles. The zero-order chi connectivity index (χ0) is 16.9. The summed E-state index contributed by atoms with van der Waals surface area (Å²) in [6, 6.07) is 24.0. The zero-order valence-corrected chi connectivity index (χ0v) is 14.0. The molecule has 0 amide bonds. The third kappa shape index (κ3) is 3.54. The van der Waals surface area contributed by atoms with Gasteiger partial charge >= 0.3 is 0 Å². The quantitative estimate of drug-likeness (QED) is 0.586. The van der Waals surface area contributed by atoms with Crippen molar-refractivity contribution in [2.24, 2.45) is 0 Å². The Bertz CT molecular complexity index is 851. The van der Waals surface area contributed by atoms with E-state index in [4.69, 9.17) is 4.74 Å². The van der Waals surface area contributed by atoms with E-state index in [0.29, 0.717) is 6.61 Å². The van der Waals surface area contributed by atoms with E-state index in [1.54, 1.807) is 6.92 Å². The van der Waals surface area contributed by atoms with E-state index in [0.717, 1.165) is 33.6 Å². The number of carbonyl (C=O) groups excluding carboxylic acids is 1. The molecule has 0 spiro atoms. The largest absolute Gasteiger partial charge is 0.488 e. The summed E-state index contributed by atoms with van der Waals surface area (Å²) in [6.45, 7) is 4.07. The number of hydrogen-bond acceptors (Lipinski definition) is 2. The first-order valence-electron chi connectivity index (χ1n) is 8.03. The second-order valence-corrected chi connectivity index (χ2v) is 5.86. The predicted molar refractivity (Wildman–Crippen MR) is 97.4 cm³/mol. The van der Waals surface area contributed by atoms with Gasteiger partial charge in [0.05, 0.1) is 0 Å². The van der Waals surface area contributed by atoms with Crippen molar-refractivity contribution < 1.29 is 9.53 Å². The minimum absolute atomic E-state index is 0.0806. The van der Waals surface area contributed by atoms with Gasteiger partial charge in [0, 0.05) is 11.1 Å². The van der Waals surface area contributed by atoms with Gasteiger partial charge in [0.1, 0.15) is 12.4 Å². The van der Waals surface area contributed by atoms with Crippen LogP contribution in [-0.2, 0) is 6.61 Å². The Labute approximate surface area is 142 Å². The van der Waals surface area contributed by atoms with E-state index < -0.39 is 0 Å². The van der Waals surface area contributed by atoms with Crippen LogP contribution in [0.4, 0.5) is 0 Å². The van der Waals surface area contributed by atoms with Crippen LogP contribution in [-0.4, -0.2) is 5.78 Å². The first-order chi connectivity index (χ1) is 11.6. The van der Waals surface area contributed by atoms with Crippen LogP contribution >= 0.6 is 0 Å². The second kappa shape index (κ2) is 7.14. The van der Waals surface area contributed by atoms with Crippen molar-refractivity contribution in [1.29, 1.82) is 0 Å². The molecule has 0 atom stereocenters. The molecule has 0 aliphatic carbocycles. The second-order valence-electron chi connectivity index (χ2n) is 5.86. The van der Waals surface area contributed by atoms with Crippen molar-refractivity contribution in [1.82, 2.24) is 0 Å². The van der Waals surface area contributed by atoms with Crippen LogP contribution < -0.4 is 4.74 Å². The van der Waals surface area contributed by atoms with Crippen LogP contribution in [0.25, 0.3) is 11.1 Å². The summed E-state index contributed by atoms with van der Waals surface area (Å²) in [5, 5.41) is 0. The van der Waals surface area contributed by atoms with Gasteiger partial charge in [0.2, 0.25) is 0 Å². The van der Waals surface area contributed by atoms with Crippen LogP contribution in [0.2, 0.25) is 0 Å². The molecular formula is C22H20O2. The van der Waals surface area contributed by atoms with Gasteiger partial charge in [-0.05, 0) is 42.7 Å². The van der Waals surface area contributed by atoms with Crippen molar-refractivity contribution in [3.8, 4) is 16.9 Å². The number of hydrogen-bond donors (Lipinski definition) is 0. The minimum atomic E-state index is 0.0806. The molecule has 0 unspecified atom stereocenters. The van der Waals surface area contributed by atoms with Crippen LogP contribution in [0.3, 0.4) is 0 Å². The highest BCUT2D eigenvalue weighted by molar-refractivity contribution is 5.97. The molecule has 0 aromatic heterocycles. The summed E-state index contributed by atoms with van der Waals surface area (Å²) >= 11 is 0. The number of carbonyl (C=O) groups is 1. The molecule has 2 heteroatoms. The lowest BCUT2D eigenvalue weighted by Gasteiger charge is -2.13. The predicted octanol–water partition coefficient (Wildman–Crippen LogP) is 5.44. The molecule has 0 saturated heterocycles. The molecular weight excluding hydrogens is 296 g/mol. The fourth-order valence-electron chi connectivity index (χ4n) is 2.74. The van der Waals surface area contributed by atoms with Gasteiger partial charge in [-0.1, -0.05) is 60.7 Å². The Morgan fingerprint density at radius 1 is 0.917 bits per heavy atom. The van der Waals surface area contributed by atoms with Crippen molar-refractivity contribution in [2.45, 2.75) is 20.5 Å². The Kier molecular flexibility index (Phi) is 4.76. The van der Waals surface area contributed by atoms with Crippen LogP contribution in [0, 0.1) is 6.92 Å². The molecule has 2 nitrogen and oxygen atoms in total. The number of benzene rings is 3. The summed E-state index contributed by atoms with van der Waals surface area (Å²) in [5.41, 5.74) is 4.87. The first kappa shape index (κ1) is 16.0. The molecule has 0 saturated carbocycles. The summed E-state index contributed by atoms with van der Waals surface area (Å²) < 4.78 is 6.02. The van der Waals surface area contributed by atoms with Crippen molar-refractivity contribution in [3.05, 3.63) is 89.5 Å². The fraction of sp³-hybridized carbons (Fsp3) is 0.136. The van der Waals surface area contributed by atoms with Gasteiger partial charge in [-0.3, -0.25) is 4.79 Å². The number of ether oxygens (including phenoxy) is 1. The molecule has 0 N–H and O–H groups in total. The van der Waals surface area contributed by atoms with Gasteiger partial charge in [-0.25, -0.2) is 0 Å².